The van der Waals surface area contributed by atoms with Gasteiger partial charge in [-0.3, -0.25) is 9.69 Å². The molecule has 4 aromatic rings. The highest BCUT2D eigenvalue weighted by Crippen LogP contribution is 2.34. The van der Waals surface area contributed by atoms with E-state index in [2.05, 4.69) is 39.0 Å². The second-order valence-corrected chi connectivity index (χ2v) is 11.8. The summed E-state index contributed by atoms with van der Waals surface area (Å²) in [7, 11) is 0. The van der Waals surface area contributed by atoms with Crippen molar-refractivity contribution in [1.29, 1.82) is 0 Å². The second kappa shape index (κ2) is 13.6. The summed E-state index contributed by atoms with van der Waals surface area (Å²) in [5.41, 5.74) is 4.91. The summed E-state index contributed by atoms with van der Waals surface area (Å²) >= 11 is 1.24. The number of ether oxygens (including phenoxy) is 1. The normalized spacial score (nSPS) is 15.3. The number of thioether (sulfide) groups is 1. The van der Waals surface area contributed by atoms with Crippen LogP contribution < -0.4 is 15.0 Å². The van der Waals surface area contributed by atoms with Crippen molar-refractivity contribution in [3.05, 3.63) is 95.8 Å². The van der Waals surface area contributed by atoms with Gasteiger partial charge in [0.2, 0.25) is 5.91 Å². The highest BCUT2D eigenvalue weighted by Gasteiger charge is 2.33. The number of carbonyl (C=O) groups is 2. The number of amides is 3. The van der Waals surface area contributed by atoms with Gasteiger partial charge in [-0.1, -0.05) is 74.2 Å². The van der Waals surface area contributed by atoms with Gasteiger partial charge < -0.3 is 10.1 Å². The fourth-order valence-corrected chi connectivity index (χ4v) is 5.56. The van der Waals surface area contributed by atoms with Crippen LogP contribution in [0.4, 0.5) is 23.7 Å². The largest absolute Gasteiger partial charge is 0.573 e. The first kappa shape index (κ1) is 32.5. The van der Waals surface area contributed by atoms with Crippen LogP contribution >= 0.6 is 11.8 Å². The summed E-state index contributed by atoms with van der Waals surface area (Å²) in [5.74, 6) is 0.405. The van der Waals surface area contributed by atoms with Crippen molar-refractivity contribution >= 4 is 40.6 Å². The van der Waals surface area contributed by atoms with Gasteiger partial charge >= 0.3 is 12.4 Å². The number of benzene rings is 3. The quantitative estimate of drug-likeness (QED) is 0.212. The van der Waals surface area contributed by atoms with Crippen LogP contribution in [0.2, 0.25) is 0 Å². The van der Waals surface area contributed by atoms with Gasteiger partial charge in [-0.05, 0) is 66.8 Å². The Bertz CT molecular complexity index is 1780. The molecule has 0 radical (unpaired) electrons. The Hall–Kier alpha value is -4.91. The summed E-state index contributed by atoms with van der Waals surface area (Å²) in [4.78, 5) is 35.7. The van der Waals surface area contributed by atoms with Gasteiger partial charge in [0.1, 0.15) is 12.1 Å². The maximum absolute atomic E-state index is 12.8. The first-order valence-electron chi connectivity index (χ1n) is 14.4. The van der Waals surface area contributed by atoms with Gasteiger partial charge in [-0.2, -0.15) is 4.99 Å². The number of anilines is 1. The molecular weight excluding hydrogens is 617 g/mol. The summed E-state index contributed by atoms with van der Waals surface area (Å²) < 4.78 is 42.6. The molecule has 1 saturated heterocycles. The van der Waals surface area contributed by atoms with E-state index in [-0.39, 0.29) is 29.4 Å². The number of aromatic nitrogens is 3. The monoisotopic (exact) mass is 648 g/mol. The molecule has 0 spiro atoms. The van der Waals surface area contributed by atoms with E-state index in [0.29, 0.717) is 16.7 Å². The Kier molecular flexibility index (Phi) is 9.61. The Balaban J connectivity index is 1.20. The summed E-state index contributed by atoms with van der Waals surface area (Å²) in [6.45, 7) is 7.90. The van der Waals surface area contributed by atoms with E-state index >= 15 is 0 Å². The zero-order valence-electron chi connectivity index (χ0n) is 25.4. The van der Waals surface area contributed by atoms with Crippen LogP contribution in [0.1, 0.15) is 43.4 Å². The maximum Gasteiger partial charge on any atom is 0.573 e. The summed E-state index contributed by atoms with van der Waals surface area (Å²) in [6.07, 6.45) is 0.401. The van der Waals surface area contributed by atoms with E-state index in [1.165, 1.54) is 51.9 Å². The third kappa shape index (κ3) is 8.02. The van der Waals surface area contributed by atoms with Gasteiger partial charge in [-0.15, -0.1) is 18.3 Å². The van der Waals surface area contributed by atoms with Crippen molar-refractivity contribution in [2.45, 2.75) is 46.0 Å². The number of aliphatic imine (C=N–C) groups is 1. The number of aryl methyl sites for hydroxylation is 1. The van der Waals surface area contributed by atoms with Gasteiger partial charge in [-0.25, -0.2) is 14.5 Å². The SMILES string of the molecule is Cc1ccc(C(C)C)c(N2C(=O)CSC2=NC(=O)NC(C)/C=C\c2ccc(-c3ncn(-c4ccc(OC(F)(F)F)cc4)n3)cc2)c1. The molecule has 1 N–H and O–H groups in total. The number of alkyl halides is 3. The second-order valence-electron chi connectivity index (χ2n) is 10.9. The number of nitrogens with one attached hydrogen (secondary N) is 1. The van der Waals surface area contributed by atoms with Crippen molar-refractivity contribution < 1.29 is 27.5 Å². The third-order valence-corrected chi connectivity index (χ3v) is 7.86. The molecule has 1 aliphatic heterocycles. The highest BCUT2D eigenvalue weighted by atomic mass is 32.2. The molecule has 0 saturated carbocycles. The van der Waals surface area contributed by atoms with E-state index in [9.17, 15) is 22.8 Å². The molecule has 3 amide bonds. The van der Waals surface area contributed by atoms with Crippen molar-refractivity contribution in [3.8, 4) is 22.8 Å². The zero-order chi connectivity index (χ0) is 33.0. The average molecular weight is 649 g/mol. The first-order valence-corrected chi connectivity index (χ1v) is 15.4. The molecule has 1 fully saturated rings. The highest BCUT2D eigenvalue weighted by molar-refractivity contribution is 8.15. The minimum atomic E-state index is -4.76. The van der Waals surface area contributed by atoms with E-state index in [1.54, 1.807) is 0 Å². The van der Waals surface area contributed by atoms with E-state index in [0.717, 1.165) is 27.9 Å². The lowest BCUT2D eigenvalue weighted by Crippen LogP contribution is -2.34. The van der Waals surface area contributed by atoms with Gasteiger partial charge in [0.25, 0.3) is 0 Å². The van der Waals surface area contributed by atoms with Gasteiger partial charge in [0, 0.05) is 11.6 Å². The molecule has 13 heteroatoms. The predicted molar refractivity (Wildman–Crippen MR) is 173 cm³/mol. The van der Waals surface area contributed by atoms with Crippen molar-refractivity contribution in [1.82, 2.24) is 20.1 Å². The van der Waals surface area contributed by atoms with Crippen LogP contribution in [0, 0.1) is 6.92 Å². The number of halogens is 3. The van der Waals surface area contributed by atoms with Gasteiger partial charge in [0.05, 0.1) is 17.1 Å². The van der Waals surface area contributed by atoms with Crippen LogP contribution in [-0.4, -0.2) is 50.0 Å². The number of hydrogen-bond acceptors (Lipinski definition) is 6. The van der Waals surface area contributed by atoms with Crippen molar-refractivity contribution in [2.75, 3.05) is 10.7 Å². The van der Waals surface area contributed by atoms with E-state index in [1.807, 2.05) is 68.5 Å². The Morgan fingerprint density at radius 2 is 1.78 bits per heavy atom. The Morgan fingerprint density at radius 3 is 2.46 bits per heavy atom. The Morgan fingerprint density at radius 1 is 1.07 bits per heavy atom. The number of rotatable bonds is 8. The van der Waals surface area contributed by atoms with Crippen LogP contribution in [0.5, 0.6) is 5.75 Å². The van der Waals surface area contributed by atoms with Gasteiger partial charge in [0.15, 0.2) is 11.0 Å². The molecule has 9 nitrogen and oxygen atoms in total. The minimum Gasteiger partial charge on any atom is -0.406 e. The molecule has 1 aliphatic rings. The van der Waals surface area contributed by atoms with Crippen molar-refractivity contribution in [3.63, 3.8) is 0 Å². The first-order chi connectivity index (χ1) is 21.9. The third-order valence-electron chi connectivity index (χ3n) is 6.94. The fourth-order valence-electron chi connectivity index (χ4n) is 4.70. The number of urea groups is 1. The molecule has 46 heavy (non-hydrogen) atoms. The van der Waals surface area contributed by atoms with Crippen molar-refractivity contribution in [2.24, 2.45) is 4.99 Å². The molecule has 2 heterocycles. The number of amidine groups is 1. The van der Waals surface area contributed by atoms with Crippen LogP contribution in [0.3, 0.4) is 0 Å². The molecule has 1 aromatic heterocycles. The minimum absolute atomic E-state index is 0.115. The zero-order valence-corrected chi connectivity index (χ0v) is 26.3. The molecule has 1 unspecified atom stereocenters. The van der Waals surface area contributed by atoms with E-state index < -0.39 is 12.4 Å². The fraction of sp³-hybridized carbons (Fsp3) is 0.242. The standard InChI is InChI=1S/C33H31F3N6O3S/c1-20(2)27-16-5-21(3)17-28(27)42-29(43)18-46-32(42)39-31(44)38-22(4)6-7-23-8-10-24(11-9-23)30-37-19-41(40-30)25-12-14-26(15-13-25)45-33(34,35)36/h5-17,19-20,22H,18H2,1-4H3,(H,38,44)/b7-6-,39-32?. The van der Waals surface area contributed by atoms with Crippen LogP contribution in [-0.2, 0) is 4.79 Å². The predicted octanol–water partition coefficient (Wildman–Crippen LogP) is 7.51. The molecular formula is C33H31F3N6O3S. The number of carbonyl (C=O) groups excluding carboxylic acids is 2. The maximum atomic E-state index is 12.8. The Labute approximate surface area is 268 Å². The number of hydrogen-bond donors (Lipinski definition) is 1. The lowest BCUT2D eigenvalue weighted by molar-refractivity contribution is -0.274. The lowest BCUT2D eigenvalue weighted by Gasteiger charge is -2.22. The lowest BCUT2D eigenvalue weighted by atomic mass is 9.99. The van der Waals surface area contributed by atoms with Crippen LogP contribution in [0.25, 0.3) is 23.2 Å². The molecule has 5 rings (SSSR count). The molecule has 1 atom stereocenters. The average Bonchev–Trinajstić information content (AvgIpc) is 3.63. The number of nitrogens with zero attached hydrogens (tertiary/aromatic N) is 5. The topological polar surface area (TPSA) is 102 Å². The summed E-state index contributed by atoms with van der Waals surface area (Å²) in [5, 5.41) is 7.60. The molecule has 3 aromatic carbocycles. The molecule has 0 bridgehead atoms. The smallest absolute Gasteiger partial charge is 0.406 e. The van der Waals surface area contributed by atoms with Crippen LogP contribution in [0.15, 0.2) is 84.1 Å². The summed E-state index contributed by atoms with van der Waals surface area (Å²) in [6, 6.07) is 17.8. The molecule has 0 aliphatic carbocycles. The molecule has 238 valence electrons. The van der Waals surface area contributed by atoms with E-state index in [4.69, 9.17) is 0 Å².